The van der Waals surface area contributed by atoms with E-state index in [0.29, 0.717) is 0 Å². The van der Waals surface area contributed by atoms with E-state index >= 15 is 0 Å². The van der Waals surface area contributed by atoms with Crippen molar-refractivity contribution in [2.75, 3.05) is 0 Å². The molecule has 0 unspecified atom stereocenters. The van der Waals surface area contributed by atoms with Crippen LogP contribution in [-0.4, -0.2) is 31.5 Å². The number of rotatable bonds is 3. The molecule has 0 bridgehead atoms. The molecular weight excluding hydrogens is 216 g/mol. The molecule has 0 saturated carbocycles. The van der Waals surface area contributed by atoms with Gasteiger partial charge in [0.2, 0.25) is 5.69 Å². The maximum absolute atomic E-state index is 10.7. The molecule has 0 saturated heterocycles. The SMILES string of the molecule is C#Cc1nc(Oc2nn[nH]c2C(=O)O)co1. The minimum absolute atomic E-state index is 0.00403. The predicted molar refractivity (Wildman–Crippen MR) is 47.9 cm³/mol. The van der Waals surface area contributed by atoms with Gasteiger partial charge in [-0.3, -0.25) is 0 Å². The summed E-state index contributed by atoms with van der Waals surface area (Å²) >= 11 is 0. The summed E-state index contributed by atoms with van der Waals surface area (Å²) in [6.07, 6.45) is 6.16. The van der Waals surface area contributed by atoms with E-state index in [1.807, 2.05) is 0 Å². The van der Waals surface area contributed by atoms with Crippen LogP contribution < -0.4 is 4.74 Å². The number of aromatic carboxylic acids is 1. The summed E-state index contributed by atoms with van der Waals surface area (Å²) in [4.78, 5) is 14.4. The summed E-state index contributed by atoms with van der Waals surface area (Å²) < 4.78 is 9.79. The second-order valence-electron chi connectivity index (χ2n) is 2.53. The molecule has 0 aliphatic heterocycles. The molecule has 16 heavy (non-hydrogen) atoms. The highest BCUT2D eigenvalue weighted by molar-refractivity contribution is 5.87. The Bertz CT molecular complexity index is 565. The monoisotopic (exact) mass is 220 g/mol. The van der Waals surface area contributed by atoms with Gasteiger partial charge in [-0.1, -0.05) is 10.3 Å². The van der Waals surface area contributed by atoms with Gasteiger partial charge in [0.15, 0.2) is 6.26 Å². The molecule has 8 heteroatoms. The third kappa shape index (κ3) is 1.69. The normalized spacial score (nSPS) is 9.69. The number of nitrogens with one attached hydrogen (secondary N) is 1. The first kappa shape index (κ1) is 9.72. The van der Waals surface area contributed by atoms with Crippen LogP contribution in [-0.2, 0) is 0 Å². The fourth-order valence-electron chi connectivity index (χ4n) is 0.900. The van der Waals surface area contributed by atoms with Crippen LogP contribution in [0.2, 0.25) is 0 Å². The van der Waals surface area contributed by atoms with Gasteiger partial charge in [0.25, 0.3) is 17.7 Å². The van der Waals surface area contributed by atoms with E-state index in [-0.39, 0.29) is 23.3 Å². The van der Waals surface area contributed by atoms with Gasteiger partial charge >= 0.3 is 5.97 Å². The zero-order valence-electron chi connectivity index (χ0n) is 7.67. The Labute approximate surface area is 88.3 Å². The van der Waals surface area contributed by atoms with Gasteiger partial charge in [0.05, 0.1) is 0 Å². The van der Waals surface area contributed by atoms with Gasteiger partial charge in [0.1, 0.15) is 0 Å². The van der Waals surface area contributed by atoms with Gasteiger partial charge in [-0.2, -0.15) is 4.98 Å². The minimum Gasteiger partial charge on any atom is -0.476 e. The molecule has 2 aromatic rings. The molecule has 0 radical (unpaired) electrons. The number of carbonyl (C=O) groups is 1. The molecule has 0 fully saturated rings. The van der Waals surface area contributed by atoms with Crippen LogP contribution >= 0.6 is 0 Å². The van der Waals surface area contributed by atoms with Crippen LogP contribution in [0.4, 0.5) is 0 Å². The summed E-state index contributed by atoms with van der Waals surface area (Å²) in [5, 5.41) is 17.6. The fraction of sp³-hybridized carbons (Fsp3) is 0. The quantitative estimate of drug-likeness (QED) is 0.713. The highest BCUT2D eigenvalue weighted by Gasteiger charge is 2.17. The van der Waals surface area contributed by atoms with Crippen molar-refractivity contribution in [3.05, 3.63) is 17.8 Å². The number of hydrogen-bond donors (Lipinski definition) is 2. The molecule has 0 aromatic carbocycles. The highest BCUT2D eigenvalue weighted by Crippen LogP contribution is 2.20. The van der Waals surface area contributed by atoms with Gasteiger partial charge in [-0.15, -0.1) is 6.42 Å². The Kier molecular flexibility index (Phi) is 2.27. The topological polar surface area (TPSA) is 114 Å². The van der Waals surface area contributed by atoms with Crippen molar-refractivity contribution < 1.29 is 19.1 Å². The Balaban J connectivity index is 2.24. The second-order valence-corrected chi connectivity index (χ2v) is 2.53. The number of aromatic nitrogens is 4. The minimum atomic E-state index is -1.25. The second kappa shape index (κ2) is 3.74. The molecule has 80 valence electrons. The molecule has 0 spiro atoms. The average molecular weight is 220 g/mol. The standard InChI is InChI=1S/C8H4N4O4/c1-2-4-9-5(3-15-4)16-7-6(8(13)14)10-12-11-7/h1,3H,(H,13,14)(H,10,11,12). The number of H-pyrrole nitrogens is 1. The maximum Gasteiger partial charge on any atom is 0.359 e. The van der Waals surface area contributed by atoms with E-state index in [1.54, 1.807) is 0 Å². The van der Waals surface area contributed by atoms with Crippen molar-refractivity contribution in [1.82, 2.24) is 20.4 Å². The molecule has 2 N–H and O–H groups in total. The number of terminal acetylenes is 1. The number of ether oxygens (including phenoxy) is 1. The Hall–Kier alpha value is -2.82. The molecule has 2 rings (SSSR count). The van der Waals surface area contributed by atoms with Crippen molar-refractivity contribution in [2.45, 2.75) is 0 Å². The number of hydrogen-bond acceptors (Lipinski definition) is 6. The van der Waals surface area contributed by atoms with E-state index in [0.717, 1.165) is 6.26 Å². The number of aromatic amines is 1. The van der Waals surface area contributed by atoms with E-state index < -0.39 is 5.97 Å². The summed E-state index contributed by atoms with van der Waals surface area (Å²) in [5.74, 6) is 0.706. The van der Waals surface area contributed by atoms with Gasteiger partial charge in [-0.25, -0.2) is 9.89 Å². The van der Waals surface area contributed by atoms with Crippen LogP contribution in [0.15, 0.2) is 10.7 Å². The zero-order chi connectivity index (χ0) is 11.5. The lowest BCUT2D eigenvalue weighted by atomic mass is 10.5. The first-order valence-electron chi connectivity index (χ1n) is 3.95. The predicted octanol–water partition coefficient (Wildman–Crippen LogP) is 0.264. The lowest BCUT2D eigenvalue weighted by molar-refractivity contribution is 0.0687. The summed E-state index contributed by atoms with van der Waals surface area (Å²) in [6, 6.07) is 0. The van der Waals surface area contributed by atoms with E-state index in [9.17, 15) is 4.79 Å². The molecule has 0 aliphatic rings. The van der Waals surface area contributed by atoms with Crippen molar-refractivity contribution in [2.24, 2.45) is 0 Å². The number of nitrogens with zero attached hydrogens (tertiary/aromatic N) is 3. The lowest BCUT2D eigenvalue weighted by Crippen LogP contribution is -1.99. The Morgan fingerprint density at radius 2 is 2.50 bits per heavy atom. The van der Waals surface area contributed by atoms with Crippen LogP contribution in [0.5, 0.6) is 11.8 Å². The van der Waals surface area contributed by atoms with Crippen LogP contribution in [0.1, 0.15) is 16.4 Å². The number of carboxylic acids is 1. The average Bonchev–Trinajstić information content (AvgIpc) is 2.87. The van der Waals surface area contributed by atoms with Gasteiger partial charge in [0, 0.05) is 0 Å². The Morgan fingerprint density at radius 1 is 1.69 bits per heavy atom. The van der Waals surface area contributed by atoms with Crippen molar-refractivity contribution in [1.29, 1.82) is 0 Å². The van der Waals surface area contributed by atoms with Crippen LogP contribution in [0.25, 0.3) is 0 Å². The molecule has 0 aliphatic carbocycles. The van der Waals surface area contributed by atoms with Crippen LogP contribution in [0.3, 0.4) is 0 Å². The summed E-state index contributed by atoms with van der Waals surface area (Å²) in [6.45, 7) is 0. The molecule has 2 aromatic heterocycles. The molecule has 8 nitrogen and oxygen atoms in total. The first-order chi connectivity index (χ1) is 7.70. The van der Waals surface area contributed by atoms with Crippen molar-refractivity contribution >= 4 is 5.97 Å². The third-order valence-electron chi connectivity index (χ3n) is 1.54. The zero-order valence-corrected chi connectivity index (χ0v) is 7.67. The molecule has 2 heterocycles. The summed E-state index contributed by atoms with van der Waals surface area (Å²) in [5.41, 5.74) is -0.287. The summed E-state index contributed by atoms with van der Waals surface area (Å²) in [7, 11) is 0. The van der Waals surface area contributed by atoms with E-state index in [4.69, 9.17) is 20.7 Å². The lowest BCUT2D eigenvalue weighted by Gasteiger charge is -1.95. The van der Waals surface area contributed by atoms with Crippen molar-refractivity contribution in [3.63, 3.8) is 0 Å². The fourth-order valence-corrected chi connectivity index (χ4v) is 0.900. The molecular formula is C8H4N4O4. The number of carboxylic acid groups (broad SMARTS) is 1. The molecule has 0 atom stereocenters. The van der Waals surface area contributed by atoms with Gasteiger partial charge < -0.3 is 14.3 Å². The highest BCUT2D eigenvalue weighted by atomic mass is 16.5. The van der Waals surface area contributed by atoms with Gasteiger partial charge in [-0.05, 0) is 5.92 Å². The first-order valence-corrected chi connectivity index (χ1v) is 3.95. The maximum atomic E-state index is 10.7. The van der Waals surface area contributed by atoms with E-state index in [1.165, 1.54) is 0 Å². The number of oxazole rings is 1. The van der Waals surface area contributed by atoms with Crippen LogP contribution in [0, 0.1) is 12.3 Å². The van der Waals surface area contributed by atoms with Crippen molar-refractivity contribution in [3.8, 4) is 24.1 Å². The Morgan fingerprint density at radius 3 is 3.12 bits per heavy atom. The largest absolute Gasteiger partial charge is 0.476 e. The molecule has 0 amide bonds. The third-order valence-corrected chi connectivity index (χ3v) is 1.54. The smallest absolute Gasteiger partial charge is 0.359 e. The van der Waals surface area contributed by atoms with E-state index in [2.05, 4.69) is 26.3 Å².